The van der Waals surface area contributed by atoms with Crippen molar-refractivity contribution in [1.29, 1.82) is 0 Å². The van der Waals surface area contributed by atoms with Crippen LogP contribution in [-0.2, 0) is 17.8 Å². The summed E-state index contributed by atoms with van der Waals surface area (Å²) in [5, 5.41) is 12.9. The van der Waals surface area contributed by atoms with Crippen LogP contribution in [0.5, 0.6) is 0 Å². The molecule has 33 heavy (non-hydrogen) atoms. The highest BCUT2D eigenvalue weighted by Gasteiger charge is 2.22. The van der Waals surface area contributed by atoms with Crippen molar-refractivity contribution in [3.8, 4) is 21.9 Å². The highest BCUT2D eigenvalue weighted by Crippen LogP contribution is 2.30. The van der Waals surface area contributed by atoms with E-state index in [2.05, 4.69) is 33.3 Å². The zero-order chi connectivity index (χ0) is 22.6. The number of benzene rings is 1. The van der Waals surface area contributed by atoms with Crippen LogP contribution in [0.25, 0.3) is 21.9 Å². The van der Waals surface area contributed by atoms with Crippen molar-refractivity contribution in [2.24, 2.45) is 0 Å². The number of aromatic nitrogens is 2. The van der Waals surface area contributed by atoms with Gasteiger partial charge >= 0.3 is 0 Å². The van der Waals surface area contributed by atoms with Crippen molar-refractivity contribution in [2.45, 2.75) is 19.4 Å². The van der Waals surface area contributed by atoms with E-state index in [-0.39, 0.29) is 5.91 Å². The molecular formula is C24H23ClN4O2S2. The minimum Gasteiger partial charge on any atom is -0.421 e. The van der Waals surface area contributed by atoms with Gasteiger partial charge in [-0.2, -0.15) is 11.3 Å². The molecule has 0 aliphatic carbocycles. The Kier molecular flexibility index (Phi) is 6.87. The Morgan fingerprint density at radius 1 is 1.06 bits per heavy atom. The van der Waals surface area contributed by atoms with Crippen molar-refractivity contribution in [1.82, 2.24) is 20.0 Å². The zero-order valence-electron chi connectivity index (χ0n) is 17.9. The molecule has 1 fully saturated rings. The van der Waals surface area contributed by atoms with Crippen LogP contribution < -0.4 is 0 Å². The summed E-state index contributed by atoms with van der Waals surface area (Å²) in [7, 11) is 0. The van der Waals surface area contributed by atoms with Gasteiger partial charge in [0.05, 0.1) is 0 Å². The summed E-state index contributed by atoms with van der Waals surface area (Å²) in [6.45, 7) is 4.14. The summed E-state index contributed by atoms with van der Waals surface area (Å²) < 4.78 is 5.69. The fourth-order valence-corrected chi connectivity index (χ4v) is 5.73. The fraction of sp³-hybridized carbons (Fsp3) is 0.292. The van der Waals surface area contributed by atoms with Crippen molar-refractivity contribution < 1.29 is 9.21 Å². The molecule has 1 aromatic carbocycles. The average molecular weight is 499 g/mol. The minimum absolute atomic E-state index is 0.143. The average Bonchev–Trinajstić information content (AvgIpc) is 3.60. The van der Waals surface area contributed by atoms with E-state index >= 15 is 0 Å². The van der Waals surface area contributed by atoms with Gasteiger partial charge in [-0.15, -0.1) is 21.5 Å². The van der Waals surface area contributed by atoms with Gasteiger partial charge in [0, 0.05) is 71.3 Å². The molecule has 0 spiro atoms. The minimum atomic E-state index is 0.143. The Balaban J connectivity index is 1.08. The van der Waals surface area contributed by atoms with E-state index in [9.17, 15) is 4.79 Å². The summed E-state index contributed by atoms with van der Waals surface area (Å²) in [4.78, 5) is 19.6. The number of amides is 1. The molecule has 0 bridgehead atoms. The van der Waals surface area contributed by atoms with Crippen LogP contribution >= 0.6 is 34.3 Å². The maximum atomic E-state index is 12.7. The lowest BCUT2D eigenvalue weighted by atomic mass is 10.2. The predicted octanol–water partition coefficient (Wildman–Crippen LogP) is 5.46. The van der Waals surface area contributed by atoms with Crippen LogP contribution in [0.2, 0.25) is 5.02 Å². The highest BCUT2D eigenvalue weighted by atomic mass is 35.5. The number of hydrogen-bond donors (Lipinski definition) is 0. The first-order chi connectivity index (χ1) is 16.1. The van der Waals surface area contributed by atoms with Crippen LogP contribution in [0, 0.1) is 0 Å². The zero-order valence-corrected chi connectivity index (χ0v) is 20.3. The summed E-state index contributed by atoms with van der Waals surface area (Å²) >= 11 is 9.51. The molecule has 0 N–H and O–H groups in total. The Morgan fingerprint density at radius 2 is 1.94 bits per heavy atom. The molecular weight excluding hydrogens is 476 g/mol. The highest BCUT2D eigenvalue weighted by molar-refractivity contribution is 7.15. The Labute approximate surface area is 205 Å². The van der Waals surface area contributed by atoms with Crippen molar-refractivity contribution in [3.63, 3.8) is 0 Å². The van der Waals surface area contributed by atoms with Gasteiger partial charge in [-0.25, -0.2) is 0 Å². The molecule has 0 saturated carbocycles. The molecule has 5 rings (SSSR count). The van der Waals surface area contributed by atoms with Gasteiger partial charge in [0.25, 0.3) is 0 Å². The molecule has 3 aromatic heterocycles. The number of hydrogen-bond acceptors (Lipinski definition) is 7. The lowest BCUT2D eigenvalue weighted by molar-refractivity contribution is -0.133. The van der Waals surface area contributed by atoms with Crippen LogP contribution in [-0.4, -0.2) is 52.1 Å². The number of nitrogens with zero attached hydrogens (tertiary/aromatic N) is 4. The van der Waals surface area contributed by atoms with Crippen LogP contribution in [0.3, 0.4) is 0 Å². The van der Waals surface area contributed by atoms with Crippen molar-refractivity contribution in [2.75, 3.05) is 26.2 Å². The lowest BCUT2D eigenvalue weighted by Crippen LogP contribution is -2.48. The lowest BCUT2D eigenvalue weighted by Gasteiger charge is -2.34. The summed E-state index contributed by atoms with van der Waals surface area (Å²) in [6, 6.07) is 14.3. The molecule has 1 aliphatic rings. The summed E-state index contributed by atoms with van der Waals surface area (Å²) in [5.41, 5.74) is 2.07. The third kappa shape index (κ3) is 5.52. The molecule has 4 heterocycles. The number of aryl methyl sites for hydroxylation is 1. The SMILES string of the molecule is O=C(CCc1nnc(-c2ccsc2)o1)N1CCN(Cc2ccc(-c3cccc(Cl)c3)s2)CC1. The number of rotatable bonds is 7. The predicted molar refractivity (Wildman–Crippen MR) is 133 cm³/mol. The second-order valence-electron chi connectivity index (χ2n) is 7.95. The largest absolute Gasteiger partial charge is 0.421 e. The van der Waals surface area contributed by atoms with Crippen LogP contribution in [0.15, 0.2) is 57.6 Å². The van der Waals surface area contributed by atoms with Gasteiger partial charge in [0.15, 0.2) is 0 Å². The van der Waals surface area contributed by atoms with Gasteiger partial charge in [0.1, 0.15) is 0 Å². The normalized spacial score (nSPS) is 14.6. The second-order valence-corrected chi connectivity index (χ2v) is 10.3. The topological polar surface area (TPSA) is 62.5 Å². The quantitative estimate of drug-likeness (QED) is 0.338. The van der Waals surface area contributed by atoms with Gasteiger partial charge < -0.3 is 9.32 Å². The Bertz CT molecular complexity index is 1210. The first-order valence-electron chi connectivity index (χ1n) is 10.8. The monoisotopic (exact) mass is 498 g/mol. The third-order valence-corrected chi connectivity index (χ3v) is 7.70. The number of thiophene rings is 2. The molecule has 0 atom stereocenters. The van der Waals surface area contributed by atoms with Crippen molar-refractivity contribution in [3.05, 3.63) is 69.0 Å². The maximum Gasteiger partial charge on any atom is 0.248 e. The molecule has 6 nitrogen and oxygen atoms in total. The Hall–Kier alpha value is -2.52. The first-order valence-corrected chi connectivity index (χ1v) is 13.0. The van der Waals surface area contributed by atoms with E-state index in [4.69, 9.17) is 16.0 Å². The summed E-state index contributed by atoms with van der Waals surface area (Å²) in [6.07, 6.45) is 0.858. The van der Waals surface area contributed by atoms with E-state index in [1.165, 1.54) is 9.75 Å². The first kappa shape index (κ1) is 22.3. The summed E-state index contributed by atoms with van der Waals surface area (Å²) in [5.74, 6) is 1.17. The molecule has 0 unspecified atom stereocenters. The van der Waals surface area contributed by atoms with Gasteiger partial charge in [0.2, 0.25) is 17.7 Å². The molecule has 170 valence electrons. The molecule has 4 aromatic rings. The van der Waals surface area contributed by atoms with Crippen LogP contribution in [0.1, 0.15) is 17.2 Å². The van der Waals surface area contributed by atoms with Gasteiger partial charge in [-0.05, 0) is 41.3 Å². The molecule has 0 radical (unpaired) electrons. The third-order valence-electron chi connectivity index (χ3n) is 5.66. The number of carbonyl (C=O) groups is 1. The van der Waals surface area contributed by atoms with E-state index in [1.54, 1.807) is 22.7 Å². The molecule has 9 heteroatoms. The van der Waals surface area contributed by atoms with Crippen molar-refractivity contribution >= 4 is 40.2 Å². The second kappa shape index (κ2) is 10.2. The molecule has 1 saturated heterocycles. The standard InChI is InChI=1S/C24H23ClN4O2S2/c25-19-3-1-2-17(14-19)21-5-4-20(33-21)15-28-9-11-29(12-10-28)23(30)7-6-22-26-27-24(31-22)18-8-13-32-16-18/h1-5,8,13-14,16H,6-7,9-12,15H2. The number of carbonyl (C=O) groups excluding carboxylic acids is 1. The molecule has 1 amide bonds. The smallest absolute Gasteiger partial charge is 0.248 e. The van der Waals surface area contributed by atoms with E-state index < -0.39 is 0 Å². The van der Waals surface area contributed by atoms with Gasteiger partial charge in [-0.1, -0.05) is 23.7 Å². The van der Waals surface area contributed by atoms with Crippen LogP contribution in [0.4, 0.5) is 0 Å². The maximum absolute atomic E-state index is 12.7. The number of piperazine rings is 1. The van der Waals surface area contributed by atoms with E-state index in [1.807, 2.05) is 39.9 Å². The Morgan fingerprint density at radius 3 is 2.73 bits per heavy atom. The van der Waals surface area contributed by atoms with Gasteiger partial charge in [-0.3, -0.25) is 9.69 Å². The van der Waals surface area contributed by atoms with E-state index in [0.717, 1.165) is 48.9 Å². The fourth-order valence-electron chi connectivity index (χ4n) is 3.86. The number of halogens is 1. The van der Waals surface area contributed by atoms with E-state index in [0.29, 0.717) is 24.6 Å². The molecule has 1 aliphatic heterocycles.